The second-order valence-electron chi connectivity index (χ2n) is 4.92. The molecule has 98 valence electrons. The Morgan fingerprint density at radius 1 is 1.56 bits per heavy atom. The molecule has 2 atom stereocenters. The third kappa shape index (κ3) is 2.53. The Morgan fingerprint density at radius 2 is 2.28 bits per heavy atom. The van der Waals surface area contributed by atoms with Gasteiger partial charge in [-0.05, 0) is 37.4 Å². The lowest BCUT2D eigenvalue weighted by atomic mass is 9.99. The Labute approximate surface area is 107 Å². The molecule has 0 aliphatic carbocycles. The number of carbonyl (C=O) groups excluding carboxylic acids is 1. The maximum absolute atomic E-state index is 13.6. The maximum atomic E-state index is 13.6. The predicted molar refractivity (Wildman–Crippen MR) is 68.6 cm³/mol. The third-order valence-electron chi connectivity index (χ3n) is 3.67. The molecule has 1 aromatic rings. The number of carbonyl (C=O) groups is 1. The first-order chi connectivity index (χ1) is 8.63. The van der Waals surface area contributed by atoms with Crippen LogP contribution in [0.2, 0.25) is 0 Å². The van der Waals surface area contributed by atoms with E-state index in [4.69, 9.17) is 5.73 Å². The Kier molecular flexibility index (Phi) is 3.97. The largest absolute Gasteiger partial charge is 0.342 e. The first-order valence-corrected chi connectivity index (χ1v) is 6.36. The van der Waals surface area contributed by atoms with Gasteiger partial charge in [-0.3, -0.25) is 4.79 Å². The van der Waals surface area contributed by atoms with Crippen molar-refractivity contribution in [2.24, 2.45) is 11.7 Å². The summed E-state index contributed by atoms with van der Waals surface area (Å²) in [6.45, 7) is 3.81. The zero-order valence-corrected chi connectivity index (χ0v) is 10.6. The summed E-state index contributed by atoms with van der Waals surface area (Å²) < 4.78 is 13.6. The van der Waals surface area contributed by atoms with E-state index in [-0.39, 0.29) is 11.7 Å². The first kappa shape index (κ1) is 13.0. The fraction of sp³-hybridized carbons (Fsp3) is 0.500. The standard InChI is InChI=1S/C14H19FN2O/c1-10(12-4-2-3-5-13(12)15)14(18)17-7-6-11(8-16)9-17/h2-5,10-11H,6-9,16H2,1H3/t10-,11-/m0/s1. The molecule has 1 aliphatic heterocycles. The van der Waals surface area contributed by atoms with Crippen molar-refractivity contribution in [1.29, 1.82) is 0 Å². The average Bonchev–Trinajstić information content (AvgIpc) is 2.86. The number of rotatable bonds is 3. The number of amides is 1. The molecule has 2 N–H and O–H groups in total. The topological polar surface area (TPSA) is 46.3 Å². The van der Waals surface area contributed by atoms with Crippen LogP contribution in [0.1, 0.15) is 24.8 Å². The predicted octanol–water partition coefficient (Wildman–Crippen LogP) is 1.74. The molecule has 1 fully saturated rings. The minimum Gasteiger partial charge on any atom is -0.342 e. The highest BCUT2D eigenvalue weighted by Gasteiger charge is 2.29. The van der Waals surface area contributed by atoms with E-state index < -0.39 is 5.92 Å². The van der Waals surface area contributed by atoms with Gasteiger partial charge in [0.05, 0.1) is 5.92 Å². The molecular formula is C14H19FN2O. The Bertz CT molecular complexity index is 436. The molecule has 0 radical (unpaired) electrons. The second-order valence-corrected chi connectivity index (χ2v) is 4.92. The molecule has 3 nitrogen and oxygen atoms in total. The van der Waals surface area contributed by atoms with Crippen molar-refractivity contribution in [2.45, 2.75) is 19.3 Å². The second kappa shape index (κ2) is 5.48. The van der Waals surface area contributed by atoms with Crippen LogP contribution in [0.3, 0.4) is 0 Å². The van der Waals surface area contributed by atoms with Crippen LogP contribution < -0.4 is 5.73 Å². The van der Waals surface area contributed by atoms with Crippen LogP contribution in [0.25, 0.3) is 0 Å². The molecular weight excluding hydrogens is 231 g/mol. The normalized spacial score (nSPS) is 21.1. The third-order valence-corrected chi connectivity index (χ3v) is 3.67. The molecule has 0 aromatic heterocycles. The van der Waals surface area contributed by atoms with E-state index in [9.17, 15) is 9.18 Å². The first-order valence-electron chi connectivity index (χ1n) is 6.36. The Morgan fingerprint density at radius 3 is 2.89 bits per heavy atom. The highest BCUT2D eigenvalue weighted by Crippen LogP contribution is 2.24. The van der Waals surface area contributed by atoms with Gasteiger partial charge in [0.1, 0.15) is 5.82 Å². The molecule has 1 aliphatic rings. The molecule has 18 heavy (non-hydrogen) atoms. The van der Waals surface area contributed by atoms with E-state index in [0.29, 0.717) is 24.6 Å². The van der Waals surface area contributed by atoms with Crippen molar-refractivity contribution in [3.05, 3.63) is 35.6 Å². The summed E-state index contributed by atoms with van der Waals surface area (Å²) in [4.78, 5) is 14.1. The highest BCUT2D eigenvalue weighted by atomic mass is 19.1. The van der Waals surface area contributed by atoms with Gasteiger partial charge in [-0.2, -0.15) is 0 Å². The van der Waals surface area contributed by atoms with Gasteiger partial charge in [0.25, 0.3) is 0 Å². The van der Waals surface area contributed by atoms with Crippen LogP contribution in [-0.2, 0) is 4.79 Å². The van der Waals surface area contributed by atoms with Crippen LogP contribution in [0, 0.1) is 11.7 Å². The fourth-order valence-electron chi connectivity index (χ4n) is 2.46. The molecule has 0 saturated carbocycles. The molecule has 1 aromatic carbocycles. The van der Waals surface area contributed by atoms with E-state index in [1.54, 1.807) is 30.0 Å². The van der Waals surface area contributed by atoms with Crippen molar-refractivity contribution in [3.8, 4) is 0 Å². The zero-order chi connectivity index (χ0) is 13.1. The van der Waals surface area contributed by atoms with Crippen molar-refractivity contribution >= 4 is 5.91 Å². The summed E-state index contributed by atoms with van der Waals surface area (Å²) in [5.41, 5.74) is 6.08. The molecule has 2 rings (SSSR count). The van der Waals surface area contributed by atoms with Gasteiger partial charge < -0.3 is 10.6 Å². The lowest BCUT2D eigenvalue weighted by molar-refractivity contribution is -0.131. The molecule has 4 heteroatoms. The van der Waals surface area contributed by atoms with Crippen LogP contribution in [0.15, 0.2) is 24.3 Å². The summed E-state index contributed by atoms with van der Waals surface area (Å²) in [5.74, 6) is -0.353. The molecule has 1 saturated heterocycles. The summed E-state index contributed by atoms with van der Waals surface area (Å²) in [6.07, 6.45) is 0.951. The average molecular weight is 250 g/mol. The summed E-state index contributed by atoms with van der Waals surface area (Å²) >= 11 is 0. The van der Waals surface area contributed by atoms with E-state index in [2.05, 4.69) is 0 Å². The minimum atomic E-state index is -0.428. The van der Waals surface area contributed by atoms with Crippen LogP contribution in [0.4, 0.5) is 4.39 Å². The number of likely N-dealkylation sites (tertiary alicyclic amines) is 1. The number of benzene rings is 1. The molecule has 0 unspecified atom stereocenters. The van der Waals surface area contributed by atoms with Crippen molar-refractivity contribution in [2.75, 3.05) is 19.6 Å². The van der Waals surface area contributed by atoms with E-state index in [1.807, 2.05) is 0 Å². The van der Waals surface area contributed by atoms with Crippen LogP contribution in [-0.4, -0.2) is 30.4 Å². The zero-order valence-electron chi connectivity index (χ0n) is 10.6. The van der Waals surface area contributed by atoms with E-state index in [1.165, 1.54) is 6.07 Å². The van der Waals surface area contributed by atoms with Gasteiger partial charge in [0.15, 0.2) is 0 Å². The molecule has 0 bridgehead atoms. The van der Waals surface area contributed by atoms with Gasteiger partial charge in [-0.1, -0.05) is 18.2 Å². The van der Waals surface area contributed by atoms with E-state index >= 15 is 0 Å². The quantitative estimate of drug-likeness (QED) is 0.888. The van der Waals surface area contributed by atoms with Gasteiger partial charge in [0, 0.05) is 13.1 Å². The number of nitrogens with two attached hydrogens (primary N) is 1. The summed E-state index contributed by atoms with van der Waals surface area (Å²) in [6, 6.07) is 6.46. The fourth-order valence-corrected chi connectivity index (χ4v) is 2.46. The summed E-state index contributed by atoms with van der Waals surface area (Å²) in [5, 5.41) is 0. The van der Waals surface area contributed by atoms with Gasteiger partial charge in [-0.25, -0.2) is 4.39 Å². The Balaban J connectivity index is 2.08. The molecule has 0 spiro atoms. The monoisotopic (exact) mass is 250 g/mol. The number of halogens is 1. The number of hydrogen-bond donors (Lipinski definition) is 1. The van der Waals surface area contributed by atoms with Crippen molar-refractivity contribution in [3.63, 3.8) is 0 Å². The Hall–Kier alpha value is -1.42. The maximum Gasteiger partial charge on any atom is 0.229 e. The van der Waals surface area contributed by atoms with Crippen LogP contribution in [0.5, 0.6) is 0 Å². The van der Waals surface area contributed by atoms with Gasteiger partial charge in [-0.15, -0.1) is 0 Å². The highest BCUT2D eigenvalue weighted by molar-refractivity contribution is 5.83. The number of nitrogens with zero attached hydrogens (tertiary/aromatic N) is 1. The summed E-state index contributed by atoms with van der Waals surface area (Å²) in [7, 11) is 0. The SMILES string of the molecule is C[C@H](C(=O)N1CC[C@@H](CN)C1)c1ccccc1F. The lowest BCUT2D eigenvalue weighted by Gasteiger charge is -2.21. The van der Waals surface area contributed by atoms with Crippen molar-refractivity contribution < 1.29 is 9.18 Å². The number of hydrogen-bond acceptors (Lipinski definition) is 2. The molecule has 1 amide bonds. The van der Waals surface area contributed by atoms with Crippen molar-refractivity contribution in [1.82, 2.24) is 4.90 Å². The van der Waals surface area contributed by atoms with Gasteiger partial charge >= 0.3 is 0 Å². The smallest absolute Gasteiger partial charge is 0.229 e. The van der Waals surface area contributed by atoms with Gasteiger partial charge in [0.2, 0.25) is 5.91 Å². The van der Waals surface area contributed by atoms with Crippen LogP contribution >= 0.6 is 0 Å². The molecule has 1 heterocycles. The minimum absolute atomic E-state index is 0.00366. The van der Waals surface area contributed by atoms with E-state index in [0.717, 1.165) is 13.0 Å². The lowest BCUT2D eigenvalue weighted by Crippen LogP contribution is -2.33.